The fourth-order valence-electron chi connectivity index (χ4n) is 1.29. The van der Waals surface area contributed by atoms with Crippen molar-refractivity contribution in [1.29, 1.82) is 0 Å². The van der Waals surface area contributed by atoms with Crippen LogP contribution >= 0.6 is 0 Å². The Morgan fingerprint density at radius 2 is 2.27 bits per heavy atom. The molecule has 0 saturated heterocycles. The molecule has 15 heavy (non-hydrogen) atoms. The Morgan fingerprint density at radius 3 is 3.00 bits per heavy atom. The van der Waals surface area contributed by atoms with Crippen LogP contribution in [0.4, 0.5) is 0 Å². The topological polar surface area (TPSA) is 91.0 Å². The minimum atomic E-state index is 0.492. The van der Waals surface area contributed by atoms with Crippen LogP contribution in [0.1, 0.15) is 18.6 Å². The molecule has 0 aromatic carbocycles. The van der Waals surface area contributed by atoms with Gasteiger partial charge in [-0.25, -0.2) is 0 Å². The summed E-state index contributed by atoms with van der Waals surface area (Å²) in [6.07, 6.45) is 2.92. The first-order chi connectivity index (χ1) is 7.35. The van der Waals surface area contributed by atoms with Gasteiger partial charge in [0.1, 0.15) is 5.76 Å². The molecule has 0 aliphatic heterocycles. The second kappa shape index (κ2) is 4.22. The number of hydrogen-bond acceptors (Lipinski definition) is 6. The molecule has 0 fully saturated rings. The fourth-order valence-corrected chi connectivity index (χ4v) is 1.29. The fraction of sp³-hybridized carbons (Fsp3) is 0.444. The molecule has 0 unspecified atom stereocenters. The van der Waals surface area contributed by atoms with Gasteiger partial charge in [-0.05, 0) is 0 Å². The maximum Gasteiger partial charge on any atom is 0.228 e. The van der Waals surface area contributed by atoms with Crippen LogP contribution in [0.5, 0.6) is 0 Å². The van der Waals surface area contributed by atoms with E-state index >= 15 is 0 Å². The van der Waals surface area contributed by atoms with Crippen molar-refractivity contribution in [3.63, 3.8) is 0 Å². The Balaban J connectivity index is 2.28. The first-order valence-corrected chi connectivity index (χ1v) is 4.81. The lowest BCUT2D eigenvalue weighted by molar-refractivity contribution is 0.379. The summed E-state index contributed by atoms with van der Waals surface area (Å²) in [5, 5.41) is 7.55. The molecule has 0 amide bonds. The van der Waals surface area contributed by atoms with E-state index in [1.807, 2.05) is 6.92 Å². The lowest BCUT2D eigenvalue weighted by atomic mass is 10.2. The summed E-state index contributed by atoms with van der Waals surface area (Å²) in [7, 11) is 0. The number of nitrogens with two attached hydrogens (primary N) is 1. The van der Waals surface area contributed by atoms with Gasteiger partial charge >= 0.3 is 0 Å². The van der Waals surface area contributed by atoms with Crippen molar-refractivity contribution in [3.05, 3.63) is 17.8 Å². The Kier molecular flexibility index (Phi) is 2.77. The Morgan fingerprint density at radius 1 is 1.40 bits per heavy atom. The Bertz CT molecular complexity index is 435. The van der Waals surface area contributed by atoms with Crippen molar-refractivity contribution in [1.82, 2.24) is 15.3 Å². The summed E-state index contributed by atoms with van der Waals surface area (Å²) in [6.45, 7) is 2.47. The second-order valence-corrected chi connectivity index (χ2v) is 3.07. The maximum atomic E-state index is 5.39. The zero-order chi connectivity index (χ0) is 10.7. The van der Waals surface area contributed by atoms with Crippen LogP contribution in [0.15, 0.2) is 15.2 Å². The third kappa shape index (κ3) is 1.89. The molecule has 2 aromatic heterocycles. The standard InChI is InChI=1S/C9H12N4O2/c1-2-7-6(5-11-14-7)9-12-8(3-4-10)15-13-9/h5H,2-4,10H2,1H3. The average Bonchev–Trinajstić information content (AvgIpc) is 2.84. The van der Waals surface area contributed by atoms with Gasteiger partial charge in [0.2, 0.25) is 11.7 Å². The summed E-state index contributed by atoms with van der Waals surface area (Å²) in [5.41, 5.74) is 6.17. The van der Waals surface area contributed by atoms with Gasteiger partial charge in [-0.3, -0.25) is 0 Å². The highest BCUT2D eigenvalue weighted by molar-refractivity contribution is 5.55. The van der Waals surface area contributed by atoms with E-state index in [2.05, 4.69) is 15.3 Å². The smallest absolute Gasteiger partial charge is 0.228 e. The molecule has 6 nitrogen and oxygen atoms in total. The van der Waals surface area contributed by atoms with Gasteiger partial charge in [-0.1, -0.05) is 17.2 Å². The number of hydrogen-bond donors (Lipinski definition) is 1. The zero-order valence-electron chi connectivity index (χ0n) is 8.43. The molecule has 0 spiro atoms. The van der Waals surface area contributed by atoms with Crippen molar-refractivity contribution >= 4 is 0 Å². The van der Waals surface area contributed by atoms with E-state index in [-0.39, 0.29) is 0 Å². The predicted octanol–water partition coefficient (Wildman–Crippen LogP) is 0.788. The van der Waals surface area contributed by atoms with E-state index in [0.717, 1.165) is 17.7 Å². The predicted molar refractivity (Wildman–Crippen MR) is 51.9 cm³/mol. The van der Waals surface area contributed by atoms with E-state index in [1.165, 1.54) is 0 Å². The van der Waals surface area contributed by atoms with Gasteiger partial charge in [0, 0.05) is 19.4 Å². The van der Waals surface area contributed by atoms with Crippen LogP contribution in [-0.4, -0.2) is 21.8 Å². The summed E-state index contributed by atoms with van der Waals surface area (Å²) < 4.78 is 10.1. The van der Waals surface area contributed by atoms with Crippen LogP contribution in [0.25, 0.3) is 11.4 Å². The molecule has 0 saturated carbocycles. The van der Waals surface area contributed by atoms with Crippen molar-refractivity contribution in [2.45, 2.75) is 19.8 Å². The van der Waals surface area contributed by atoms with Crippen LogP contribution in [0.3, 0.4) is 0 Å². The van der Waals surface area contributed by atoms with Crippen molar-refractivity contribution < 1.29 is 9.05 Å². The van der Waals surface area contributed by atoms with Gasteiger partial charge in [0.15, 0.2) is 0 Å². The number of rotatable bonds is 4. The van der Waals surface area contributed by atoms with Gasteiger partial charge < -0.3 is 14.8 Å². The normalized spacial score (nSPS) is 10.8. The lowest BCUT2D eigenvalue weighted by Crippen LogP contribution is -2.02. The Labute approximate surface area is 86.4 Å². The first-order valence-electron chi connectivity index (χ1n) is 4.81. The largest absolute Gasteiger partial charge is 0.361 e. The van der Waals surface area contributed by atoms with Crippen LogP contribution in [-0.2, 0) is 12.8 Å². The highest BCUT2D eigenvalue weighted by Gasteiger charge is 2.14. The van der Waals surface area contributed by atoms with E-state index in [0.29, 0.717) is 24.7 Å². The highest BCUT2D eigenvalue weighted by atomic mass is 16.5. The molecule has 2 aromatic rings. The van der Waals surface area contributed by atoms with Crippen molar-refractivity contribution in [2.75, 3.05) is 6.54 Å². The minimum Gasteiger partial charge on any atom is -0.361 e. The van der Waals surface area contributed by atoms with Gasteiger partial charge in [-0.2, -0.15) is 4.98 Å². The summed E-state index contributed by atoms with van der Waals surface area (Å²) >= 11 is 0. The molecule has 0 aliphatic rings. The van der Waals surface area contributed by atoms with E-state index in [4.69, 9.17) is 14.8 Å². The number of aromatic nitrogens is 3. The molecule has 0 atom stereocenters. The van der Waals surface area contributed by atoms with Gasteiger partial charge in [0.05, 0.1) is 11.8 Å². The minimum absolute atomic E-state index is 0.492. The molecule has 6 heteroatoms. The molecular weight excluding hydrogens is 196 g/mol. The summed E-state index contributed by atoms with van der Waals surface area (Å²) in [5.74, 6) is 1.81. The first kappa shape index (κ1) is 9.85. The quantitative estimate of drug-likeness (QED) is 0.798. The van der Waals surface area contributed by atoms with Crippen LogP contribution in [0.2, 0.25) is 0 Å². The lowest BCUT2D eigenvalue weighted by Gasteiger charge is -1.89. The molecule has 2 heterocycles. The molecule has 0 radical (unpaired) electrons. The molecule has 0 bridgehead atoms. The van der Waals surface area contributed by atoms with Gasteiger partial charge in [-0.15, -0.1) is 0 Å². The molecular formula is C9H12N4O2. The van der Waals surface area contributed by atoms with Crippen molar-refractivity contribution in [3.8, 4) is 11.4 Å². The number of nitrogens with zero attached hydrogens (tertiary/aromatic N) is 3. The van der Waals surface area contributed by atoms with E-state index in [1.54, 1.807) is 6.20 Å². The van der Waals surface area contributed by atoms with E-state index < -0.39 is 0 Å². The molecule has 2 N–H and O–H groups in total. The number of aryl methyl sites for hydroxylation is 1. The van der Waals surface area contributed by atoms with Crippen LogP contribution in [0, 0.1) is 0 Å². The van der Waals surface area contributed by atoms with Gasteiger partial charge in [0.25, 0.3) is 0 Å². The molecule has 80 valence electrons. The van der Waals surface area contributed by atoms with Crippen molar-refractivity contribution in [2.24, 2.45) is 5.73 Å². The monoisotopic (exact) mass is 208 g/mol. The highest BCUT2D eigenvalue weighted by Crippen LogP contribution is 2.20. The molecule has 2 rings (SSSR count). The third-order valence-corrected chi connectivity index (χ3v) is 2.03. The average molecular weight is 208 g/mol. The SMILES string of the molecule is CCc1oncc1-c1noc(CCN)n1. The summed E-state index contributed by atoms with van der Waals surface area (Å²) in [6, 6.07) is 0. The maximum absolute atomic E-state index is 5.39. The molecule has 0 aliphatic carbocycles. The van der Waals surface area contributed by atoms with E-state index in [9.17, 15) is 0 Å². The third-order valence-electron chi connectivity index (χ3n) is 2.03. The second-order valence-electron chi connectivity index (χ2n) is 3.07. The summed E-state index contributed by atoms with van der Waals surface area (Å²) in [4.78, 5) is 4.19. The Hall–Kier alpha value is -1.69. The zero-order valence-corrected chi connectivity index (χ0v) is 8.43. The van der Waals surface area contributed by atoms with Crippen LogP contribution < -0.4 is 5.73 Å².